The van der Waals surface area contributed by atoms with Crippen molar-refractivity contribution in [1.29, 1.82) is 0 Å². The summed E-state index contributed by atoms with van der Waals surface area (Å²) in [5, 5.41) is 12.4. The monoisotopic (exact) mass is 484 g/mol. The number of carbonyl (C=O) groups is 2. The van der Waals surface area contributed by atoms with E-state index in [0.717, 1.165) is 54.7 Å². The van der Waals surface area contributed by atoms with Gasteiger partial charge in [-0.2, -0.15) is 0 Å². The lowest BCUT2D eigenvalue weighted by molar-refractivity contribution is -0.140. The standard InChI is InChI=1S/C30H32N2O4/c33-29(34)28(18-21-14-16-32(17-15-21)19-22-8-2-1-3-9-22)31-30(35)36-20-27-25-12-6-4-10-23(25)24-11-5-7-13-26(24)27/h1-13,21,27-28H,14-20H2,(H,31,35)(H,33,34). The number of carboxylic acids is 1. The third-order valence-electron chi connectivity index (χ3n) is 7.46. The maximum atomic E-state index is 12.6. The molecule has 1 aliphatic heterocycles. The Balaban J connectivity index is 1.13. The van der Waals surface area contributed by atoms with Gasteiger partial charge < -0.3 is 15.2 Å². The largest absolute Gasteiger partial charge is 0.480 e. The Hall–Kier alpha value is -3.64. The number of carboxylic acid groups (broad SMARTS) is 1. The number of carbonyl (C=O) groups excluding carboxylic acids is 1. The third kappa shape index (κ3) is 5.44. The highest BCUT2D eigenvalue weighted by atomic mass is 16.5. The highest BCUT2D eigenvalue weighted by Crippen LogP contribution is 2.44. The van der Waals surface area contributed by atoms with Crippen molar-refractivity contribution < 1.29 is 19.4 Å². The van der Waals surface area contributed by atoms with E-state index >= 15 is 0 Å². The summed E-state index contributed by atoms with van der Waals surface area (Å²) in [6.45, 7) is 2.94. The second kappa shape index (κ2) is 11.0. The molecule has 0 aromatic heterocycles. The van der Waals surface area contributed by atoms with Gasteiger partial charge in [-0.15, -0.1) is 0 Å². The number of amides is 1. The zero-order chi connectivity index (χ0) is 24.9. The molecule has 1 amide bonds. The quantitative estimate of drug-likeness (QED) is 0.455. The van der Waals surface area contributed by atoms with Crippen LogP contribution in [0.5, 0.6) is 0 Å². The lowest BCUT2D eigenvalue weighted by Crippen LogP contribution is -2.44. The van der Waals surface area contributed by atoms with Crippen LogP contribution in [0, 0.1) is 5.92 Å². The van der Waals surface area contributed by atoms with Crippen molar-refractivity contribution in [3.05, 3.63) is 95.6 Å². The van der Waals surface area contributed by atoms with Gasteiger partial charge in [0.2, 0.25) is 0 Å². The van der Waals surface area contributed by atoms with Gasteiger partial charge in [-0.3, -0.25) is 4.90 Å². The fourth-order valence-electron chi connectivity index (χ4n) is 5.56. The summed E-state index contributed by atoms with van der Waals surface area (Å²) in [5.74, 6) is -0.817. The molecule has 0 radical (unpaired) electrons. The molecule has 1 aliphatic carbocycles. The van der Waals surface area contributed by atoms with E-state index < -0.39 is 18.1 Å². The molecule has 3 aromatic carbocycles. The molecular formula is C30H32N2O4. The molecule has 6 nitrogen and oxygen atoms in total. The summed E-state index contributed by atoms with van der Waals surface area (Å²) in [6, 6.07) is 25.7. The first-order valence-corrected chi connectivity index (χ1v) is 12.7. The second-order valence-corrected chi connectivity index (χ2v) is 9.80. The third-order valence-corrected chi connectivity index (χ3v) is 7.46. The molecule has 1 heterocycles. The van der Waals surface area contributed by atoms with Crippen LogP contribution in [0.2, 0.25) is 0 Å². The number of hydrogen-bond donors (Lipinski definition) is 2. The molecule has 2 N–H and O–H groups in total. The Morgan fingerprint density at radius 2 is 1.47 bits per heavy atom. The first-order chi connectivity index (χ1) is 17.6. The molecule has 1 fully saturated rings. The predicted octanol–water partition coefficient (Wildman–Crippen LogP) is 5.28. The van der Waals surface area contributed by atoms with Gasteiger partial charge in [-0.25, -0.2) is 9.59 Å². The molecule has 186 valence electrons. The Labute approximate surface area is 211 Å². The summed E-state index contributed by atoms with van der Waals surface area (Å²) in [7, 11) is 0. The van der Waals surface area contributed by atoms with Crippen molar-refractivity contribution in [3.8, 4) is 11.1 Å². The summed E-state index contributed by atoms with van der Waals surface area (Å²) >= 11 is 0. The first-order valence-electron chi connectivity index (χ1n) is 12.7. The zero-order valence-corrected chi connectivity index (χ0v) is 20.3. The number of alkyl carbamates (subject to hydrolysis) is 1. The van der Waals surface area contributed by atoms with Crippen LogP contribution in [0.3, 0.4) is 0 Å². The van der Waals surface area contributed by atoms with Crippen LogP contribution >= 0.6 is 0 Å². The molecule has 1 unspecified atom stereocenters. The molecule has 0 bridgehead atoms. The fourth-order valence-corrected chi connectivity index (χ4v) is 5.56. The maximum Gasteiger partial charge on any atom is 0.407 e. The van der Waals surface area contributed by atoms with Gasteiger partial charge in [-0.1, -0.05) is 78.9 Å². The molecule has 2 aliphatic rings. The van der Waals surface area contributed by atoms with Crippen molar-refractivity contribution in [3.63, 3.8) is 0 Å². The van der Waals surface area contributed by atoms with Crippen molar-refractivity contribution in [1.82, 2.24) is 10.2 Å². The van der Waals surface area contributed by atoms with E-state index in [1.165, 1.54) is 5.56 Å². The Morgan fingerprint density at radius 1 is 0.889 bits per heavy atom. The number of piperidine rings is 1. The lowest BCUT2D eigenvalue weighted by atomic mass is 9.90. The molecule has 36 heavy (non-hydrogen) atoms. The maximum absolute atomic E-state index is 12.6. The Bertz CT molecular complexity index is 1160. The minimum absolute atomic E-state index is 0.0552. The molecule has 5 rings (SSSR count). The minimum Gasteiger partial charge on any atom is -0.480 e. The van der Waals surface area contributed by atoms with E-state index in [2.05, 4.69) is 58.7 Å². The summed E-state index contributed by atoms with van der Waals surface area (Å²) in [6.07, 6.45) is 1.58. The molecule has 6 heteroatoms. The number of aliphatic carboxylic acids is 1. The first kappa shape index (κ1) is 24.1. The number of likely N-dealkylation sites (tertiary alicyclic amines) is 1. The van der Waals surface area contributed by atoms with Crippen molar-refractivity contribution >= 4 is 12.1 Å². The fraction of sp³-hybridized carbons (Fsp3) is 0.333. The molecule has 0 saturated carbocycles. The predicted molar refractivity (Wildman–Crippen MR) is 139 cm³/mol. The van der Waals surface area contributed by atoms with Gasteiger partial charge in [0.05, 0.1) is 0 Å². The minimum atomic E-state index is -1.02. The number of rotatable bonds is 8. The normalized spacial score (nSPS) is 16.7. The Kier molecular flexibility index (Phi) is 7.33. The van der Waals surface area contributed by atoms with Crippen LogP contribution in [0.25, 0.3) is 11.1 Å². The van der Waals surface area contributed by atoms with Crippen LogP contribution in [-0.4, -0.2) is 47.8 Å². The highest BCUT2D eigenvalue weighted by molar-refractivity contribution is 5.81. The topological polar surface area (TPSA) is 78.9 Å². The van der Waals surface area contributed by atoms with Crippen LogP contribution in [0.4, 0.5) is 4.79 Å². The van der Waals surface area contributed by atoms with Crippen molar-refractivity contribution in [2.45, 2.75) is 37.8 Å². The molecule has 3 aromatic rings. The van der Waals surface area contributed by atoms with E-state index in [-0.39, 0.29) is 18.4 Å². The number of fused-ring (bicyclic) bond motifs is 3. The summed E-state index contributed by atoms with van der Waals surface area (Å²) in [4.78, 5) is 27.0. The second-order valence-electron chi connectivity index (χ2n) is 9.80. The molecule has 1 saturated heterocycles. The number of nitrogens with zero attached hydrogens (tertiary/aromatic N) is 1. The smallest absolute Gasteiger partial charge is 0.407 e. The number of hydrogen-bond acceptors (Lipinski definition) is 4. The lowest BCUT2D eigenvalue weighted by Gasteiger charge is -2.33. The molecule has 1 atom stereocenters. The average Bonchev–Trinajstić information content (AvgIpc) is 3.22. The number of ether oxygens (including phenoxy) is 1. The van der Waals surface area contributed by atoms with Crippen LogP contribution in [0.1, 0.15) is 41.9 Å². The molecular weight excluding hydrogens is 452 g/mol. The van der Waals surface area contributed by atoms with Gasteiger partial charge in [0.25, 0.3) is 0 Å². The van der Waals surface area contributed by atoms with Crippen molar-refractivity contribution in [2.75, 3.05) is 19.7 Å². The van der Waals surface area contributed by atoms with Crippen LogP contribution in [-0.2, 0) is 16.1 Å². The average molecular weight is 485 g/mol. The SMILES string of the molecule is O=C(NC(CC1CCN(Cc2ccccc2)CC1)C(=O)O)OCC1c2ccccc2-c2ccccc21. The van der Waals surface area contributed by atoms with E-state index in [1.807, 2.05) is 30.3 Å². The van der Waals surface area contributed by atoms with Crippen molar-refractivity contribution in [2.24, 2.45) is 5.92 Å². The highest BCUT2D eigenvalue weighted by Gasteiger charge is 2.31. The van der Waals surface area contributed by atoms with Crippen LogP contribution in [0.15, 0.2) is 78.9 Å². The van der Waals surface area contributed by atoms with Gasteiger partial charge >= 0.3 is 12.1 Å². The summed E-state index contributed by atoms with van der Waals surface area (Å²) < 4.78 is 5.57. The number of benzene rings is 3. The van der Waals surface area contributed by atoms with E-state index in [0.29, 0.717) is 6.42 Å². The van der Waals surface area contributed by atoms with Gasteiger partial charge in [0, 0.05) is 12.5 Å². The van der Waals surface area contributed by atoms with E-state index in [9.17, 15) is 14.7 Å². The van der Waals surface area contributed by atoms with Gasteiger partial charge in [0.1, 0.15) is 12.6 Å². The van der Waals surface area contributed by atoms with Gasteiger partial charge in [-0.05, 0) is 66.1 Å². The Morgan fingerprint density at radius 3 is 2.08 bits per heavy atom. The van der Waals surface area contributed by atoms with E-state index in [4.69, 9.17) is 4.74 Å². The van der Waals surface area contributed by atoms with E-state index in [1.54, 1.807) is 0 Å². The van der Waals surface area contributed by atoms with Gasteiger partial charge in [0.15, 0.2) is 0 Å². The zero-order valence-electron chi connectivity index (χ0n) is 20.3. The number of nitrogens with one attached hydrogen (secondary N) is 1. The summed E-state index contributed by atoms with van der Waals surface area (Å²) in [5.41, 5.74) is 5.86. The molecule has 0 spiro atoms. The van der Waals surface area contributed by atoms with Crippen LogP contribution < -0.4 is 5.32 Å².